The molecule has 0 aromatic heterocycles. The number of likely N-dealkylation sites (tertiary alicyclic amines) is 1. The summed E-state index contributed by atoms with van der Waals surface area (Å²) < 4.78 is 0. The molecule has 26 heavy (non-hydrogen) atoms. The van der Waals surface area contributed by atoms with Gasteiger partial charge >= 0.3 is 5.97 Å². The van der Waals surface area contributed by atoms with Crippen LogP contribution in [0.15, 0.2) is 36.4 Å². The molecule has 1 aromatic carbocycles. The molecule has 1 amide bonds. The van der Waals surface area contributed by atoms with Crippen molar-refractivity contribution in [3.8, 4) is 0 Å². The molecule has 1 unspecified atom stereocenters. The highest BCUT2D eigenvalue weighted by Crippen LogP contribution is 2.21. The minimum absolute atomic E-state index is 0.0432. The number of benzene rings is 1. The molecule has 0 bridgehead atoms. The van der Waals surface area contributed by atoms with Gasteiger partial charge in [0.25, 0.3) is 0 Å². The fraction of sp³-hybridized carbons (Fsp3) is 0.524. The lowest BCUT2D eigenvalue weighted by Crippen LogP contribution is -2.33. The molecule has 2 rings (SSSR count). The van der Waals surface area contributed by atoms with Crippen LogP contribution >= 0.6 is 0 Å². The van der Waals surface area contributed by atoms with E-state index in [0.29, 0.717) is 19.4 Å². The number of hydrogen-bond donors (Lipinski definition) is 2. The van der Waals surface area contributed by atoms with Crippen molar-refractivity contribution >= 4 is 11.9 Å². The fourth-order valence-electron chi connectivity index (χ4n) is 3.27. The topological polar surface area (TPSA) is 77.8 Å². The molecule has 0 radical (unpaired) electrons. The maximum Gasteiger partial charge on any atom is 0.335 e. The highest BCUT2D eigenvalue weighted by atomic mass is 16.4. The van der Waals surface area contributed by atoms with Crippen LogP contribution < -0.4 is 0 Å². The van der Waals surface area contributed by atoms with Crippen LogP contribution in [-0.2, 0) is 11.2 Å². The van der Waals surface area contributed by atoms with Gasteiger partial charge < -0.3 is 15.1 Å². The average molecular weight is 359 g/mol. The second-order valence-electron chi connectivity index (χ2n) is 6.89. The number of rotatable bonds is 10. The van der Waals surface area contributed by atoms with Crippen molar-refractivity contribution in [3.05, 3.63) is 47.5 Å². The van der Waals surface area contributed by atoms with Crippen LogP contribution in [0.2, 0.25) is 0 Å². The smallest absolute Gasteiger partial charge is 0.335 e. The first-order valence-electron chi connectivity index (χ1n) is 9.49. The van der Waals surface area contributed by atoms with Gasteiger partial charge in [-0.25, -0.2) is 4.79 Å². The van der Waals surface area contributed by atoms with Gasteiger partial charge in [0, 0.05) is 13.0 Å². The van der Waals surface area contributed by atoms with E-state index in [0.717, 1.165) is 37.7 Å². The largest absolute Gasteiger partial charge is 0.478 e. The summed E-state index contributed by atoms with van der Waals surface area (Å²) in [5, 5.41) is 19.0. The third-order valence-corrected chi connectivity index (χ3v) is 4.88. The maximum atomic E-state index is 12.2. The van der Waals surface area contributed by atoms with Gasteiger partial charge in [0.15, 0.2) is 0 Å². The lowest BCUT2D eigenvalue weighted by molar-refractivity contribution is -0.128. The molecule has 1 saturated heterocycles. The first-order chi connectivity index (χ1) is 12.5. The van der Waals surface area contributed by atoms with E-state index in [1.165, 1.54) is 0 Å². The summed E-state index contributed by atoms with van der Waals surface area (Å²) in [6.45, 7) is 2.74. The number of carbonyl (C=O) groups excluding carboxylic acids is 1. The molecule has 1 aliphatic rings. The molecule has 5 heteroatoms. The Morgan fingerprint density at radius 3 is 2.69 bits per heavy atom. The third-order valence-electron chi connectivity index (χ3n) is 4.88. The van der Waals surface area contributed by atoms with Gasteiger partial charge in [-0.15, -0.1) is 0 Å². The van der Waals surface area contributed by atoms with E-state index in [4.69, 9.17) is 5.11 Å². The van der Waals surface area contributed by atoms with E-state index in [1.54, 1.807) is 24.3 Å². The highest BCUT2D eigenvalue weighted by Gasteiger charge is 2.28. The molecule has 1 heterocycles. The second kappa shape index (κ2) is 10.1. The van der Waals surface area contributed by atoms with Gasteiger partial charge in [0.05, 0.1) is 17.7 Å². The number of aromatic carboxylic acids is 1. The van der Waals surface area contributed by atoms with E-state index >= 15 is 0 Å². The SMILES string of the molecule is CCCCCC(O)C=C[C@H]1CCC(=O)N1CCc1ccc(C(=O)O)cc1. The Hall–Kier alpha value is -2.14. The van der Waals surface area contributed by atoms with E-state index in [-0.39, 0.29) is 17.5 Å². The van der Waals surface area contributed by atoms with Crippen LogP contribution in [0.4, 0.5) is 0 Å². The van der Waals surface area contributed by atoms with Crippen LogP contribution in [0.1, 0.15) is 61.4 Å². The van der Waals surface area contributed by atoms with Gasteiger partial charge in [-0.05, 0) is 37.0 Å². The zero-order chi connectivity index (χ0) is 18.9. The second-order valence-corrected chi connectivity index (χ2v) is 6.89. The zero-order valence-corrected chi connectivity index (χ0v) is 15.4. The monoisotopic (exact) mass is 359 g/mol. The average Bonchev–Trinajstić information content (AvgIpc) is 2.98. The van der Waals surface area contributed by atoms with Crippen molar-refractivity contribution in [2.24, 2.45) is 0 Å². The molecule has 0 aliphatic carbocycles. The van der Waals surface area contributed by atoms with Crippen LogP contribution in [0, 0.1) is 0 Å². The predicted molar refractivity (Wildman–Crippen MR) is 101 cm³/mol. The Labute approximate surface area is 155 Å². The lowest BCUT2D eigenvalue weighted by Gasteiger charge is -2.22. The van der Waals surface area contributed by atoms with Gasteiger partial charge in [-0.3, -0.25) is 4.79 Å². The number of carboxylic acids is 1. The minimum atomic E-state index is -0.936. The summed E-state index contributed by atoms with van der Waals surface area (Å²) in [5.74, 6) is -0.795. The third kappa shape index (κ3) is 5.99. The van der Waals surface area contributed by atoms with Crippen LogP contribution in [0.3, 0.4) is 0 Å². The molecule has 2 N–H and O–H groups in total. The van der Waals surface area contributed by atoms with E-state index < -0.39 is 12.1 Å². The zero-order valence-electron chi connectivity index (χ0n) is 15.4. The number of hydrogen-bond acceptors (Lipinski definition) is 3. The van der Waals surface area contributed by atoms with Crippen molar-refractivity contribution in [2.45, 2.75) is 64.0 Å². The van der Waals surface area contributed by atoms with Gasteiger partial charge in [-0.2, -0.15) is 0 Å². The van der Waals surface area contributed by atoms with E-state index in [1.807, 2.05) is 17.1 Å². The quantitative estimate of drug-likeness (QED) is 0.496. The number of nitrogens with zero attached hydrogens (tertiary/aromatic N) is 1. The van der Waals surface area contributed by atoms with E-state index in [9.17, 15) is 14.7 Å². The Morgan fingerprint density at radius 1 is 1.31 bits per heavy atom. The number of aliphatic hydroxyl groups excluding tert-OH is 1. The molecule has 1 aromatic rings. The van der Waals surface area contributed by atoms with Crippen molar-refractivity contribution < 1.29 is 19.8 Å². The number of carboxylic acid groups (broad SMARTS) is 1. The van der Waals surface area contributed by atoms with E-state index in [2.05, 4.69) is 6.92 Å². The molecular formula is C21H29NO4. The standard InChI is InChI=1S/C21H29NO4/c1-2-3-4-5-19(23)12-10-18-11-13-20(24)22(18)15-14-16-6-8-17(9-7-16)21(25)26/h6-10,12,18-19,23H,2-5,11,13-15H2,1H3,(H,25,26)/t18-,19?/m0/s1. The molecule has 0 saturated carbocycles. The van der Waals surface area contributed by atoms with Crippen molar-refractivity contribution in [3.63, 3.8) is 0 Å². The van der Waals surface area contributed by atoms with Crippen LogP contribution in [-0.4, -0.2) is 45.7 Å². The Bertz CT molecular complexity index is 623. The molecule has 0 spiro atoms. The minimum Gasteiger partial charge on any atom is -0.478 e. The molecule has 5 nitrogen and oxygen atoms in total. The molecular weight excluding hydrogens is 330 g/mol. The summed E-state index contributed by atoms with van der Waals surface area (Å²) in [4.78, 5) is 24.9. The van der Waals surface area contributed by atoms with Crippen LogP contribution in [0.25, 0.3) is 0 Å². The molecule has 1 fully saturated rings. The summed E-state index contributed by atoms with van der Waals surface area (Å²) in [6, 6.07) is 6.82. The molecule has 142 valence electrons. The maximum absolute atomic E-state index is 12.2. The lowest BCUT2D eigenvalue weighted by atomic mass is 10.1. The number of amides is 1. The Balaban J connectivity index is 1.87. The summed E-state index contributed by atoms with van der Waals surface area (Å²) in [6.07, 6.45) is 9.41. The molecule has 1 aliphatic heterocycles. The number of unbranched alkanes of at least 4 members (excludes halogenated alkanes) is 2. The predicted octanol–water partition coefficient (Wildman–Crippen LogP) is 3.42. The summed E-state index contributed by atoms with van der Waals surface area (Å²) in [7, 11) is 0. The summed E-state index contributed by atoms with van der Waals surface area (Å²) in [5.41, 5.74) is 1.28. The Morgan fingerprint density at radius 2 is 2.04 bits per heavy atom. The fourth-order valence-corrected chi connectivity index (χ4v) is 3.27. The normalized spacial score (nSPS) is 18.6. The first-order valence-corrected chi connectivity index (χ1v) is 9.49. The number of carbonyl (C=O) groups is 2. The number of aliphatic hydroxyl groups is 1. The molecule has 2 atom stereocenters. The Kier molecular flexibility index (Phi) is 7.85. The van der Waals surface area contributed by atoms with Gasteiger partial charge in [0.2, 0.25) is 5.91 Å². The van der Waals surface area contributed by atoms with Crippen molar-refractivity contribution in [1.29, 1.82) is 0 Å². The van der Waals surface area contributed by atoms with Crippen molar-refractivity contribution in [1.82, 2.24) is 4.90 Å². The van der Waals surface area contributed by atoms with Gasteiger partial charge in [0.1, 0.15) is 0 Å². The van der Waals surface area contributed by atoms with Crippen LogP contribution in [0.5, 0.6) is 0 Å². The highest BCUT2D eigenvalue weighted by molar-refractivity contribution is 5.87. The summed E-state index contributed by atoms with van der Waals surface area (Å²) >= 11 is 0. The first kappa shape index (κ1) is 20.2. The van der Waals surface area contributed by atoms with Crippen molar-refractivity contribution in [2.75, 3.05) is 6.54 Å². The van der Waals surface area contributed by atoms with Gasteiger partial charge in [-0.1, -0.05) is 50.5 Å².